The minimum absolute atomic E-state index is 0.225. The Morgan fingerprint density at radius 3 is 2.62 bits per heavy atom. The second-order valence-electron chi connectivity index (χ2n) is 5.72. The Labute approximate surface area is 157 Å². The molecular weight excluding hydrogens is 386 g/mol. The fourth-order valence-corrected chi connectivity index (χ4v) is 3.12. The smallest absolute Gasteiger partial charge is 0.171 e. The number of thiocarbonyl (C=S) groups is 1. The first-order chi connectivity index (χ1) is 11.5. The maximum Gasteiger partial charge on any atom is 0.171 e. The molecule has 1 atom stereocenters. The Morgan fingerprint density at radius 2 is 1.96 bits per heavy atom. The minimum Gasteiger partial charge on any atom is -0.496 e. The lowest BCUT2D eigenvalue weighted by Crippen LogP contribution is -3.07. The van der Waals surface area contributed by atoms with Crippen LogP contribution < -0.4 is 20.3 Å². The van der Waals surface area contributed by atoms with Crippen LogP contribution in [0.15, 0.2) is 53.0 Å². The fraction of sp³-hybridized carbons (Fsp3) is 0.278. The van der Waals surface area contributed by atoms with Gasteiger partial charge in [0.05, 0.1) is 33.3 Å². The summed E-state index contributed by atoms with van der Waals surface area (Å²) < 4.78 is 6.51. The summed E-state index contributed by atoms with van der Waals surface area (Å²) in [5.41, 5.74) is 2.12. The fourth-order valence-electron chi connectivity index (χ4n) is 2.52. The van der Waals surface area contributed by atoms with Crippen molar-refractivity contribution in [3.8, 4) is 5.75 Å². The first kappa shape index (κ1) is 18.7. The summed E-state index contributed by atoms with van der Waals surface area (Å²) in [6, 6.07) is 16.3. The van der Waals surface area contributed by atoms with Crippen molar-refractivity contribution in [2.24, 2.45) is 0 Å². The van der Waals surface area contributed by atoms with Crippen LogP contribution in [-0.4, -0.2) is 32.9 Å². The van der Waals surface area contributed by atoms with Crippen molar-refractivity contribution in [2.75, 3.05) is 33.1 Å². The molecule has 128 valence electrons. The molecule has 24 heavy (non-hydrogen) atoms. The normalized spacial score (nSPS) is 11.9. The highest BCUT2D eigenvalue weighted by molar-refractivity contribution is 9.10. The number of likely N-dealkylation sites (N-methyl/N-ethyl adjacent to an activating group) is 1. The number of quaternary nitrogens is 1. The molecule has 0 radical (unpaired) electrons. The molecule has 0 amide bonds. The predicted octanol–water partition coefficient (Wildman–Crippen LogP) is 2.63. The summed E-state index contributed by atoms with van der Waals surface area (Å²) in [5.74, 6) is 0.899. The van der Waals surface area contributed by atoms with Crippen molar-refractivity contribution in [1.29, 1.82) is 0 Å². The van der Waals surface area contributed by atoms with Crippen LogP contribution in [-0.2, 0) is 0 Å². The van der Waals surface area contributed by atoms with Crippen LogP contribution in [0.4, 0.5) is 5.69 Å². The lowest BCUT2D eigenvalue weighted by atomic mass is 10.0. The van der Waals surface area contributed by atoms with E-state index in [-0.39, 0.29) is 6.04 Å². The summed E-state index contributed by atoms with van der Waals surface area (Å²) in [4.78, 5) is 1.30. The molecule has 0 aliphatic rings. The highest BCUT2D eigenvalue weighted by Crippen LogP contribution is 2.22. The van der Waals surface area contributed by atoms with Gasteiger partial charge in [-0.15, -0.1) is 0 Å². The zero-order valence-corrected chi connectivity index (χ0v) is 16.5. The number of hydrogen-bond acceptors (Lipinski definition) is 2. The SMILES string of the molecule is COc1ccccc1[C@@H](CNC(=S)Nc1cccc(Br)c1)[NH+](C)C. The molecule has 2 rings (SSSR count). The molecule has 0 aliphatic carbocycles. The maximum absolute atomic E-state index is 5.50. The summed E-state index contributed by atoms with van der Waals surface area (Å²) >= 11 is 8.88. The van der Waals surface area contributed by atoms with Crippen molar-refractivity contribution in [1.82, 2.24) is 5.32 Å². The van der Waals surface area contributed by atoms with Gasteiger partial charge in [0.15, 0.2) is 5.11 Å². The van der Waals surface area contributed by atoms with Crippen molar-refractivity contribution in [2.45, 2.75) is 6.04 Å². The third kappa shape index (κ3) is 5.19. The number of rotatable bonds is 6. The molecule has 0 fully saturated rings. The molecule has 0 bridgehead atoms. The van der Waals surface area contributed by atoms with E-state index >= 15 is 0 Å². The van der Waals surface area contributed by atoms with Crippen LogP contribution in [0.1, 0.15) is 11.6 Å². The van der Waals surface area contributed by atoms with Gasteiger partial charge in [-0.2, -0.15) is 0 Å². The first-order valence-corrected chi connectivity index (χ1v) is 8.94. The van der Waals surface area contributed by atoms with E-state index < -0.39 is 0 Å². The van der Waals surface area contributed by atoms with Gasteiger partial charge in [-0.05, 0) is 42.5 Å². The van der Waals surface area contributed by atoms with E-state index in [0.717, 1.165) is 21.5 Å². The Hall–Kier alpha value is -1.63. The van der Waals surface area contributed by atoms with Crippen LogP contribution in [0, 0.1) is 0 Å². The van der Waals surface area contributed by atoms with Gasteiger partial charge in [-0.1, -0.05) is 34.1 Å². The highest BCUT2D eigenvalue weighted by Gasteiger charge is 2.21. The molecule has 0 saturated carbocycles. The molecule has 4 nitrogen and oxygen atoms in total. The van der Waals surface area contributed by atoms with Gasteiger partial charge >= 0.3 is 0 Å². The van der Waals surface area contributed by atoms with Gasteiger partial charge in [0, 0.05) is 10.2 Å². The number of para-hydroxylation sites is 1. The van der Waals surface area contributed by atoms with Gasteiger partial charge in [0.2, 0.25) is 0 Å². The maximum atomic E-state index is 5.50. The van der Waals surface area contributed by atoms with E-state index in [1.807, 2.05) is 42.5 Å². The Kier molecular flexibility index (Phi) is 7.02. The molecular formula is C18H23BrN3OS+. The van der Waals surface area contributed by atoms with Gasteiger partial charge in [0.1, 0.15) is 11.8 Å². The van der Waals surface area contributed by atoms with Crippen LogP contribution in [0.25, 0.3) is 0 Å². The third-order valence-corrected chi connectivity index (χ3v) is 4.50. The topological polar surface area (TPSA) is 37.7 Å². The molecule has 2 aromatic carbocycles. The molecule has 3 N–H and O–H groups in total. The van der Waals surface area contributed by atoms with Crippen LogP contribution in [0.5, 0.6) is 5.75 Å². The lowest BCUT2D eigenvalue weighted by Gasteiger charge is -2.24. The Morgan fingerprint density at radius 1 is 1.21 bits per heavy atom. The van der Waals surface area contributed by atoms with Crippen molar-refractivity contribution < 1.29 is 9.64 Å². The van der Waals surface area contributed by atoms with Gasteiger partial charge in [-0.25, -0.2) is 0 Å². The van der Waals surface area contributed by atoms with Crippen molar-refractivity contribution >= 4 is 38.9 Å². The van der Waals surface area contributed by atoms with Crippen LogP contribution >= 0.6 is 28.1 Å². The summed E-state index contributed by atoms with van der Waals surface area (Å²) in [5, 5.41) is 7.12. The zero-order valence-electron chi connectivity index (χ0n) is 14.1. The van der Waals surface area contributed by atoms with E-state index in [4.69, 9.17) is 17.0 Å². The molecule has 6 heteroatoms. The van der Waals surface area contributed by atoms with E-state index in [9.17, 15) is 0 Å². The van der Waals surface area contributed by atoms with E-state index in [1.54, 1.807) is 7.11 Å². The number of nitrogens with one attached hydrogen (secondary N) is 3. The molecule has 0 spiro atoms. The van der Waals surface area contributed by atoms with Crippen LogP contribution in [0.2, 0.25) is 0 Å². The number of halogens is 1. The monoisotopic (exact) mass is 408 g/mol. The molecule has 2 aromatic rings. The van der Waals surface area contributed by atoms with Crippen molar-refractivity contribution in [3.63, 3.8) is 0 Å². The van der Waals surface area contributed by atoms with E-state index in [2.05, 4.69) is 46.7 Å². The molecule has 0 aromatic heterocycles. The van der Waals surface area contributed by atoms with Crippen molar-refractivity contribution in [3.05, 3.63) is 58.6 Å². The number of methoxy groups -OCH3 is 1. The van der Waals surface area contributed by atoms with E-state index in [1.165, 1.54) is 4.90 Å². The average molecular weight is 409 g/mol. The number of anilines is 1. The molecule has 0 aliphatic heterocycles. The molecule has 0 saturated heterocycles. The zero-order chi connectivity index (χ0) is 17.5. The van der Waals surface area contributed by atoms with Crippen LogP contribution in [0.3, 0.4) is 0 Å². The molecule has 0 heterocycles. The second-order valence-corrected chi connectivity index (χ2v) is 7.04. The number of benzene rings is 2. The largest absolute Gasteiger partial charge is 0.496 e. The lowest BCUT2D eigenvalue weighted by molar-refractivity contribution is -0.890. The predicted molar refractivity (Wildman–Crippen MR) is 107 cm³/mol. The molecule has 0 unspecified atom stereocenters. The highest BCUT2D eigenvalue weighted by atomic mass is 79.9. The summed E-state index contributed by atoms with van der Waals surface area (Å²) in [6.07, 6.45) is 0. The number of hydrogen-bond donors (Lipinski definition) is 3. The summed E-state index contributed by atoms with van der Waals surface area (Å²) in [7, 11) is 5.96. The van der Waals surface area contributed by atoms with E-state index in [0.29, 0.717) is 11.7 Å². The average Bonchev–Trinajstić information content (AvgIpc) is 2.55. The summed E-state index contributed by atoms with van der Waals surface area (Å²) in [6.45, 7) is 0.711. The minimum atomic E-state index is 0.225. The standard InChI is InChI=1S/C18H22BrN3OS/c1-22(2)16(15-9-4-5-10-17(15)23-3)12-20-18(24)21-14-8-6-7-13(19)11-14/h4-11,16H,12H2,1-3H3,(H2,20,21,24)/p+1/t16-/m1/s1. The quantitative estimate of drug-likeness (QED) is 0.642. The Balaban J connectivity index is 2.02. The number of ether oxygens (including phenoxy) is 1. The van der Waals surface area contributed by atoms with Gasteiger partial charge < -0.3 is 20.3 Å². The second kappa shape index (κ2) is 9.01. The third-order valence-electron chi connectivity index (χ3n) is 3.76. The van der Waals surface area contributed by atoms with Gasteiger partial charge in [-0.3, -0.25) is 0 Å². The Bertz CT molecular complexity index is 693. The first-order valence-electron chi connectivity index (χ1n) is 7.74. The van der Waals surface area contributed by atoms with Gasteiger partial charge in [0.25, 0.3) is 0 Å².